The number of hydrogen-bond donors (Lipinski definition) is 1. The van der Waals surface area contributed by atoms with E-state index in [-0.39, 0.29) is 11.4 Å². The maximum atomic E-state index is 13.3. The number of para-hydroxylation sites is 1. The van der Waals surface area contributed by atoms with Crippen molar-refractivity contribution in [3.8, 4) is 11.6 Å². The lowest BCUT2D eigenvalue weighted by molar-refractivity contribution is 0.273. The summed E-state index contributed by atoms with van der Waals surface area (Å²) in [4.78, 5) is 20.5. The number of aromatic hydroxyl groups is 1. The molecule has 1 aliphatic heterocycles. The molecular weight excluding hydrogens is 374 g/mol. The Morgan fingerprint density at radius 2 is 1.80 bits per heavy atom. The minimum atomic E-state index is -0.217. The average Bonchev–Trinajstić information content (AvgIpc) is 3.20. The van der Waals surface area contributed by atoms with Crippen LogP contribution < -0.4 is 5.56 Å². The maximum Gasteiger partial charge on any atom is 0.265 e. The van der Waals surface area contributed by atoms with Crippen molar-refractivity contribution in [2.24, 2.45) is 4.99 Å². The van der Waals surface area contributed by atoms with Crippen LogP contribution in [0.2, 0.25) is 0 Å². The van der Waals surface area contributed by atoms with E-state index in [1.165, 1.54) is 11.0 Å². The van der Waals surface area contributed by atoms with Gasteiger partial charge in [0.1, 0.15) is 0 Å². The molecule has 0 amide bonds. The van der Waals surface area contributed by atoms with Gasteiger partial charge < -0.3 is 5.11 Å². The molecule has 0 spiro atoms. The van der Waals surface area contributed by atoms with Gasteiger partial charge in [0.25, 0.3) is 5.56 Å². The molecule has 5 heteroatoms. The molecule has 2 aromatic carbocycles. The summed E-state index contributed by atoms with van der Waals surface area (Å²) in [5.74, 6) is -0.0568. The number of likely N-dealkylation sites (N-methyl/N-ethyl adjacent to an activating group) is 1. The van der Waals surface area contributed by atoms with Crippen molar-refractivity contribution in [1.29, 1.82) is 0 Å². The summed E-state index contributed by atoms with van der Waals surface area (Å²) in [5, 5.41) is 12.5. The number of likely N-dealkylation sites (tertiary alicyclic amines) is 1. The summed E-state index contributed by atoms with van der Waals surface area (Å²) in [6.45, 7) is 8.95. The van der Waals surface area contributed by atoms with Crippen molar-refractivity contribution >= 4 is 17.0 Å². The summed E-state index contributed by atoms with van der Waals surface area (Å²) in [5.41, 5.74) is 2.98. The summed E-state index contributed by atoms with van der Waals surface area (Å²) in [7, 11) is 0. The number of benzene rings is 2. The third kappa shape index (κ3) is 3.54. The average molecular weight is 404 g/mol. The lowest BCUT2D eigenvalue weighted by Crippen LogP contribution is -2.31. The van der Waals surface area contributed by atoms with Crippen molar-refractivity contribution in [3.63, 3.8) is 0 Å². The third-order valence-electron chi connectivity index (χ3n) is 6.21. The smallest absolute Gasteiger partial charge is 0.265 e. The number of rotatable bonds is 5. The molecule has 1 aromatic heterocycles. The van der Waals surface area contributed by atoms with Gasteiger partial charge in [-0.1, -0.05) is 43.3 Å². The van der Waals surface area contributed by atoms with Crippen molar-refractivity contribution in [3.05, 3.63) is 69.5 Å². The fraction of sp³-hybridized carbons (Fsp3) is 0.360. The van der Waals surface area contributed by atoms with Crippen molar-refractivity contribution in [2.45, 2.75) is 39.7 Å². The first kappa shape index (κ1) is 20.4. The maximum absolute atomic E-state index is 13.3. The summed E-state index contributed by atoms with van der Waals surface area (Å²) in [6.07, 6.45) is 4.10. The zero-order valence-corrected chi connectivity index (χ0v) is 17.9. The standard InChI is InChI=1S/C25H29N3O2/c1-4-27-14-8-11-19(27)15-26-16-22-20-12-5-6-13-21(20)24(29)28(25(22)30)23-17(2)9-7-10-18(23)3/h5-7,9-10,12-13,16,19,30H,4,8,11,14-15H2,1-3H3/t19-/m1/s1. The van der Waals surface area contributed by atoms with Gasteiger partial charge >= 0.3 is 0 Å². The van der Waals surface area contributed by atoms with E-state index in [9.17, 15) is 9.90 Å². The van der Waals surface area contributed by atoms with Gasteiger partial charge in [0.15, 0.2) is 0 Å². The highest BCUT2D eigenvalue weighted by Crippen LogP contribution is 2.28. The van der Waals surface area contributed by atoms with Crippen LogP contribution in [0.5, 0.6) is 5.88 Å². The van der Waals surface area contributed by atoms with E-state index >= 15 is 0 Å². The molecule has 5 nitrogen and oxygen atoms in total. The second-order valence-corrected chi connectivity index (χ2v) is 8.08. The van der Waals surface area contributed by atoms with Gasteiger partial charge in [-0.15, -0.1) is 0 Å². The first-order valence-electron chi connectivity index (χ1n) is 10.7. The van der Waals surface area contributed by atoms with Crippen LogP contribution in [0.15, 0.2) is 52.3 Å². The molecular formula is C25H29N3O2. The van der Waals surface area contributed by atoms with Crippen LogP contribution in [0, 0.1) is 13.8 Å². The highest BCUT2D eigenvalue weighted by molar-refractivity contribution is 6.01. The normalized spacial score (nSPS) is 17.4. The lowest BCUT2D eigenvalue weighted by Gasteiger charge is -2.20. The summed E-state index contributed by atoms with van der Waals surface area (Å²) >= 11 is 0. The highest BCUT2D eigenvalue weighted by atomic mass is 16.3. The number of aromatic nitrogens is 1. The molecule has 3 aromatic rings. The van der Waals surface area contributed by atoms with E-state index < -0.39 is 0 Å². The molecule has 0 aliphatic carbocycles. The van der Waals surface area contributed by atoms with Crippen LogP contribution in [0.3, 0.4) is 0 Å². The second kappa shape index (κ2) is 8.44. The molecule has 1 fully saturated rings. The van der Waals surface area contributed by atoms with E-state index in [0.717, 1.165) is 41.7 Å². The molecule has 156 valence electrons. The first-order valence-corrected chi connectivity index (χ1v) is 10.7. The third-order valence-corrected chi connectivity index (χ3v) is 6.21. The molecule has 0 unspecified atom stereocenters. The minimum Gasteiger partial charge on any atom is -0.494 e. The Labute approximate surface area is 177 Å². The Morgan fingerprint density at radius 1 is 1.10 bits per heavy atom. The van der Waals surface area contributed by atoms with E-state index in [0.29, 0.717) is 23.5 Å². The monoisotopic (exact) mass is 403 g/mol. The van der Waals surface area contributed by atoms with Gasteiger partial charge in [-0.3, -0.25) is 14.7 Å². The zero-order valence-electron chi connectivity index (χ0n) is 17.9. The number of pyridine rings is 1. The largest absolute Gasteiger partial charge is 0.494 e. The van der Waals surface area contributed by atoms with E-state index in [1.54, 1.807) is 6.21 Å². The van der Waals surface area contributed by atoms with Gasteiger partial charge in [0.2, 0.25) is 5.88 Å². The zero-order chi connectivity index (χ0) is 21.3. The molecule has 1 atom stereocenters. The number of hydrogen-bond acceptors (Lipinski definition) is 4. The molecule has 1 saturated heterocycles. The van der Waals surface area contributed by atoms with E-state index in [1.807, 2.05) is 56.3 Å². The quantitative estimate of drug-likeness (QED) is 0.649. The van der Waals surface area contributed by atoms with Crippen LogP contribution in [-0.2, 0) is 0 Å². The summed E-state index contributed by atoms with van der Waals surface area (Å²) in [6, 6.07) is 13.7. The Morgan fingerprint density at radius 3 is 2.50 bits per heavy atom. The Balaban J connectivity index is 1.85. The Bertz CT molecular complexity index is 1140. The molecule has 30 heavy (non-hydrogen) atoms. The van der Waals surface area contributed by atoms with Crippen LogP contribution in [-0.4, -0.2) is 46.5 Å². The number of fused-ring (bicyclic) bond motifs is 1. The van der Waals surface area contributed by atoms with Gasteiger partial charge in [0.05, 0.1) is 17.8 Å². The molecule has 2 heterocycles. The second-order valence-electron chi connectivity index (χ2n) is 8.08. The summed E-state index contributed by atoms with van der Waals surface area (Å²) < 4.78 is 1.43. The molecule has 1 N–H and O–H groups in total. The van der Waals surface area contributed by atoms with Gasteiger partial charge in [0, 0.05) is 23.0 Å². The predicted octanol–water partition coefficient (Wildman–Crippen LogP) is 4.22. The SMILES string of the molecule is CCN1CCC[C@@H]1CN=Cc1c(O)n(-c2c(C)cccc2C)c(=O)c2ccccc12. The number of nitrogens with zero attached hydrogens (tertiary/aromatic N) is 3. The van der Waals surface area contributed by atoms with Gasteiger partial charge in [-0.05, 0) is 57.0 Å². The number of aliphatic imine (C=N–C) groups is 1. The minimum absolute atomic E-state index is 0.0568. The Hall–Kier alpha value is -2.92. The van der Waals surface area contributed by atoms with E-state index in [2.05, 4.69) is 11.8 Å². The van der Waals surface area contributed by atoms with Gasteiger partial charge in [-0.25, -0.2) is 4.57 Å². The van der Waals surface area contributed by atoms with Gasteiger partial charge in [-0.2, -0.15) is 0 Å². The van der Waals surface area contributed by atoms with Crippen LogP contribution in [0.25, 0.3) is 16.5 Å². The van der Waals surface area contributed by atoms with Crippen molar-refractivity contribution in [2.75, 3.05) is 19.6 Å². The lowest BCUT2D eigenvalue weighted by atomic mass is 10.0. The highest BCUT2D eigenvalue weighted by Gasteiger charge is 2.22. The fourth-order valence-electron chi connectivity index (χ4n) is 4.64. The van der Waals surface area contributed by atoms with Crippen LogP contribution in [0.4, 0.5) is 0 Å². The fourth-order valence-corrected chi connectivity index (χ4v) is 4.64. The van der Waals surface area contributed by atoms with Crippen molar-refractivity contribution in [1.82, 2.24) is 9.47 Å². The predicted molar refractivity (Wildman–Crippen MR) is 123 cm³/mol. The molecule has 4 rings (SSSR count). The van der Waals surface area contributed by atoms with Crippen LogP contribution in [0.1, 0.15) is 36.5 Å². The first-order chi connectivity index (χ1) is 14.5. The van der Waals surface area contributed by atoms with Crippen LogP contribution >= 0.6 is 0 Å². The topological polar surface area (TPSA) is 57.8 Å². The molecule has 0 bridgehead atoms. The molecule has 0 saturated carbocycles. The Kier molecular flexibility index (Phi) is 5.73. The van der Waals surface area contributed by atoms with E-state index in [4.69, 9.17) is 4.99 Å². The van der Waals surface area contributed by atoms with Crippen molar-refractivity contribution < 1.29 is 5.11 Å². The number of aryl methyl sites for hydroxylation is 2. The molecule has 1 aliphatic rings. The molecule has 0 radical (unpaired) electrons.